The van der Waals surface area contributed by atoms with Gasteiger partial charge in [-0.25, -0.2) is 0 Å². The van der Waals surface area contributed by atoms with Crippen molar-refractivity contribution >= 4 is 74.5 Å². The standard InChI is InChI=1S/3ClH.I2/c;;;1-2/h3*1H;. The normalized spacial score (nSPS) is 1.20. The van der Waals surface area contributed by atoms with E-state index in [0.717, 1.165) is 0 Å². The Bertz CT molecular complexity index is 4.85. The molecule has 5 heavy (non-hydrogen) atoms. The van der Waals surface area contributed by atoms with E-state index in [9.17, 15) is 0 Å². The molecule has 0 aliphatic carbocycles. The molecule has 0 spiro atoms. The van der Waals surface area contributed by atoms with Gasteiger partial charge in [0.25, 0.3) is 0 Å². The van der Waals surface area contributed by atoms with Crippen molar-refractivity contribution in [3.8, 4) is 0 Å². The molecule has 0 fully saturated rings. The molecule has 0 rings (SSSR count). The van der Waals surface area contributed by atoms with Crippen LogP contribution in [-0.4, -0.2) is 0 Å². The van der Waals surface area contributed by atoms with Gasteiger partial charge in [-0.3, -0.25) is 0 Å². The third kappa shape index (κ3) is 21.9. The molecule has 0 nitrogen and oxygen atoms in total. The van der Waals surface area contributed by atoms with Crippen molar-refractivity contribution in [1.82, 2.24) is 0 Å². The van der Waals surface area contributed by atoms with Crippen molar-refractivity contribution < 1.29 is 0 Å². The van der Waals surface area contributed by atoms with Gasteiger partial charge in [-0.2, -0.15) is 0 Å². The van der Waals surface area contributed by atoms with E-state index in [2.05, 4.69) is 37.2 Å². The third-order valence-electron chi connectivity index (χ3n) is 0. The molecule has 0 saturated carbocycles. The molecular weight excluding hydrogens is 360 g/mol. The van der Waals surface area contributed by atoms with Gasteiger partial charge >= 0.3 is 0 Å². The van der Waals surface area contributed by atoms with Crippen LogP contribution in [0.15, 0.2) is 0 Å². The maximum Gasteiger partial charge on any atom is 0 e. The molecular formula is H3Cl3I2. The minimum absolute atomic E-state index is 0. The van der Waals surface area contributed by atoms with Gasteiger partial charge in [-0.05, 0) is 0 Å². The number of hydrogen-bond acceptors (Lipinski definition) is 0. The molecule has 5 heteroatoms. The van der Waals surface area contributed by atoms with Gasteiger partial charge in [0.15, 0.2) is 0 Å². The van der Waals surface area contributed by atoms with Gasteiger partial charge in [-0.1, -0.05) is 0 Å². The summed E-state index contributed by atoms with van der Waals surface area (Å²) >= 11 is 4.24. The Hall–Kier alpha value is 2.33. The second-order valence-corrected chi connectivity index (χ2v) is 0. The Kier molecular flexibility index (Phi) is 175. The van der Waals surface area contributed by atoms with E-state index < -0.39 is 0 Å². The second-order valence-electron chi connectivity index (χ2n) is 0. The molecule has 0 aliphatic heterocycles. The lowest BCUT2D eigenvalue weighted by Crippen LogP contribution is -0.114. The Morgan fingerprint density at radius 3 is 0.600 bits per heavy atom. The third-order valence-corrected chi connectivity index (χ3v) is 0. The molecule has 0 aromatic rings. The van der Waals surface area contributed by atoms with Crippen LogP contribution in [0.2, 0.25) is 0 Å². The monoisotopic (exact) mass is 362 g/mol. The van der Waals surface area contributed by atoms with Gasteiger partial charge in [0.2, 0.25) is 0 Å². The van der Waals surface area contributed by atoms with Gasteiger partial charge in [0, 0.05) is 37.2 Å². The first-order valence-corrected chi connectivity index (χ1v) is 6.43. The molecule has 0 saturated heterocycles. The van der Waals surface area contributed by atoms with Crippen LogP contribution in [0.4, 0.5) is 0 Å². The van der Waals surface area contributed by atoms with Crippen molar-refractivity contribution in [2.75, 3.05) is 0 Å². The Balaban J connectivity index is -0.00000000167. The minimum Gasteiger partial charge on any atom is -0.147 e. The Labute approximate surface area is 73.4 Å². The van der Waals surface area contributed by atoms with Crippen LogP contribution in [-0.2, 0) is 0 Å². The Morgan fingerprint density at radius 1 is 0.600 bits per heavy atom. The summed E-state index contributed by atoms with van der Waals surface area (Å²) in [7, 11) is 0. The van der Waals surface area contributed by atoms with E-state index in [1.807, 2.05) is 0 Å². The van der Waals surface area contributed by atoms with Crippen LogP contribution in [0.5, 0.6) is 0 Å². The van der Waals surface area contributed by atoms with E-state index in [1.54, 1.807) is 0 Å². The maximum atomic E-state index is 2.12. The van der Waals surface area contributed by atoms with Gasteiger partial charge in [0.1, 0.15) is 0 Å². The lowest BCUT2D eigenvalue weighted by atomic mass is 35.5. The summed E-state index contributed by atoms with van der Waals surface area (Å²) in [6.45, 7) is 0. The fourth-order valence-electron chi connectivity index (χ4n) is 0. The first-order chi connectivity index (χ1) is 1.00. The molecule has 0 N–H and O–H groups in total. The van der Waals surface area contributed by atoms with E-state index in [4.69, 9.17) is 0 Å². The average molecular weight is 363 g/mol. The van der Waals surface area contributed by atoms with Crippen LogP contribution in [0.1, 0.15) is 0 Å². The number of halogens is 5. The van der Waals surface area contributed by atoms with Crippen molar-refractivity contribution in [3.05, 3.63) is 0 Å². The highest BCUT2D eigenvalue weighted by atomic mass is 128. The zero-order valence-electron chi connectivity index (χ0n) is 1.98. The summed E-state index contributed by atoms with van der Waals surface area (Å²) in [6.07, 6.45) is 0. The highest BCUT2D eigenvalue weighted by molar-refractivity contribution is 15.0. The minimum atomic E-state index is 0. The molecule has 0 aromatic carbocycles. The van der Waals surface area contributed by atoms with Crippen molar-refractivity contribution in [2.24, 2.45) is 0 Å². The molecule has 0 atom stereocenters. The summed E-state index contributed by atoms with van der Waals surface area (Å²) < 4.78 is 0. The smallest absolute Gasteiger partial charge is 0 e. The van der Waals surface area contributed by atoms with Gasteiger partial charge in [0.05, 0.1) is 0 Å². The fraction of sp³-hybridized carbons (Fsp3) is 0. The maximum absolute atomic E-state index is 2.12. The van der Waals surface area contributed by atoms with E-state index >= 15 is 0 Å². The van der Waals surface area contributed by atoms with E-state index in [1.165, 1.54) is 0 Å². The molecule has 0 aromatic heterocycles. The van der Waals surface area contributed by atoms with Crippen molar-refractivity contribution in [2.45, 2.75) is 0 Å². The van der Waals surface area contributed by atoms with Crippen molar-refractivity contribution in [3.63, 3.8) is 0 Å². The second kappa shape index (κ2) is 33.1. The summed E-state index contributed by atoms with van der Waals surface area (Å²) in [5.74, 6) is 0. The van der Waals surface area contributed by atoms with Crippen LogP contribution >= 0.6 is 74.5 Å². The van der Waals surface area contributed by atoms with Gasteiger partial charge in [-0.15, -0.1) is 37.2 Å². The van der Waals surface area contributed by atoms with E-state index in [0.29, 0.717) is 0 Å². The lowest BCUT2D eigenvalue weighted by Gasteiger charge is -1.00. The largest absolute Gasteiger partial charge is 0.147 e. The molecule has 0 aliphatic rings. The number of hydrogen-bond donors (Lipinski definition) is 0. The van der Waals surface area contributed by atoms with Crippen LogP contribution in [0.25, 0.3) is 0 Å². The zero-order chi connectivity index (χ0) is 2.00. The molecule has 0 heterocycles. The SMILES string of the molecule is Cl.Cl.Cl.II. The number of rotatable bonds is 0. The summed E-state index contributed by atoms with van der Waals surface area (Å²) in [4.78, 5) is 0. The highest BCUT2D eigenvalue weighted by Crippen LogP contribution is 1.89. The first-order valence-electron chi connectivity index (χ1n) is 0.143. The first kappa shape index (κ1) is 26.5. The molecule has 0 unspecified atom stereocenters. The molecule has 0 amide bonds. The lowest BCUT2D eigenvalue weighted by molar-refractivity contribution is 5.85. The highest BCUT2D eigenvalue weighted by Gasteiger charge is 1.00. The topological polar surface area (TPSA) is 0 Å². The van der Waals surface area contributed by atoms with Crippen molar-refractivity contribution in [1.29, 1.82) is 0 Å². The summed E-state index contributed by atoms with van der Waals surface area (Å²) in [6, 6.07) is 0. The summed E-state index contributed by atoms with van der Waals surface area (Å²) in [5, 5.41) is 0. The quantitative estimate of drug-likeness (QED) is 0.581. The zero-order valence-corrected chi connectivity index (χ0v) is 8.75. The fourth-order valence-corrected chi connectivity index (χ4v) is 0. The van der Waals surface area contributed by atoms with Crippen LogP contribution in [0, 0.1) is 0 Å². The van der Waals surface area contributed by atoms with Crippen LogP contribution in [0.3, 0.4) is 0 Å². The predicted molar refractivity (Wildman–Crippen MR) is 49.8 cm³/mol. The van der Waals surface area contributed by atoms with Gasteiger partial charge < -0.3 is 0 Å². The molecule has 38 valence electrons. The molecule has 0 bridgehead atoms. The van der Waals surface area contributed by atoms with E-state index in [-0.39, 0.29) is 37.2 Å². The molecule has 0 radical (unpaired) electrons. The average Bonchev–Trinajstić information content (AvgIpc) is 1.00. The predicted octanol–water partition coefficient (Wildman–Crippen LogP) is 3.04. The van der Waals surface area contributed by atoms with Crippen LogP contribution < -0.4 is 0 Å². The summed E-state index contributed by atoms with van der Waals surface area (Å²) in [5.41, 5.74) is 0. The Morgan fingerprint density at radius 2 is 0.600 bits per heavy atom.